The van der Waals surface area contributed by atoms with Crippen LogP contribution in [0.5, 0.6) is 0 Å². The third-order valence-electron chi connectivity index (χ3n) is 5.23. The first-order valence-corrected chi connectivity index (χ1v) is 9.12. The highest BCUT2D eigenvalue weighted by Gasteiger charge is 2.36. The summed E-state index contributed by atoms with van der Waals surface area (Å²) in [4.78, 5) is 5.69. The highest BCUT2D eigenvalue weighted by Crippen LogP contribution is 2.46. The van der Waals surface area contributed by atoms with Gasteiger partial charge in [-0.3, -0.25) is 4.90 Å². The fourth-order valence-corrected chi connectivity index (χ4v) is 4.91. The fraction of sp³-hybridized carbons (Fsp3) is 0.765. The van der Waals surface area contributed by atoms with Gasteiger partial charge in [0.1, 0.15) is 0 Å². The van der Waals surface area contributed by atoms with Crippen LogP contribution in [0.1, 0.15) is 55.2 Å². The summed E-state index contributed by atoms with van der Waals surface area (Å²) in [5.41, 5.74) is 0.752. The molecule has 0 unspecified atom stereocenters. The molecular formula is C17H28N2S. The van der Waals surface area contributed by atoms with Crippen LogP contribution in [0.3, 0.4) is 0 Å². The van der Waals surface area contributed by atoms with Crippen molar-refractivity contribution < 1.29 is 0 Å². The minimum atomic E-state index is 0.752. The summed E-state index contributed by atoms with van der Waals surface area (Å²) in [6.45, 7) is 8.07. The lowest BCUT2D eigenvalue weighted by Crippen LogP contribution is -2.38. The van der Waals surface area contributed by atoms with Crippen LogP contribution in [-0.4, -0.2) is 24.5 Å². The van der Waals surface area contributed by atoms with Gasteiger partial charge in [-0.25, -0.2) is 0 Å². The smallest absolute Gasteiger partial charge is 0.0328 e. The van der Waals surface area contributed by atoms with Crippen LogP contribution >= 0.6 is 11.3 Å². The zero-order chi connectivity index (χ0) is 13.8. The Morgan fingerprint density at radius 1 is 1.10 bits per heavy atom. The van der Waals surface area contributed by atoms with E-state index in [4.69, 9.17) is 0 Å². The second-order valence-corrected chi connectivity index (χ2v) is 7.88. The molecule has 1 saturated heterocycles. The molecule has 112 valence electrons. The summed E-state index contributed by atoms with van der Waals surface area (Å²) in [7, 11) is 0. The minimum absolute atomic E-state index is 0.752. The second kappa shape index (κ2) is 6.59. The van der Waals surface area contributed by atoms with Crippen molar-refractivity contribution in [2.24, 2.45) is 5.41 Å². The van der Waals surface area contributed by atoms with Gasteiger partial charge >= 0.3 is 0 Å². The third-order valence-corrected chi connectivity index (χ3v) is 6.30. The number of rotatable bonds is 5. The quantitative estimate of drug-likeness (QED) is 0.882. The lowest BCUT2D eigenvalue weighted by atomic mass is 9.77. The molecule has 2 aliphatic rings. The van der Waals surface area contributed by atoms with E-state index in [9.17, 15) is 0 Å². The Kier molecular flexibility index (Phi) is 4.79. The molecule has 1 aliphatic carbocycles. The molecule has 1 aromatic rings. The molecule has 0 radical (unpaired) electrons. The molecule has 2 fully saturated rings. The molecule has 1 spiro atoms. The van der Waals surface area contributed by atoms with Crippen molar-refractivity contribution in [3.05, 3.63) is 21.9 Å². The van der Waals surface area contributed by atoms with E-state index in [0.29, 0.717) is 0 Å². The van der Waals surface area contributed by atoms with E-state index in [1.165, 1.54) is 63.0 Å². The summed E-state index contributed by atoms with van der Waals surface area (Å²) in [6, 6.07) is 4.63. The number of hydrogen-bond donors (Lipinski definition) is 1. The minimum Gasteiger partial charge on any atom is -0.312 e. The maximum absolute atomic E-state index is 3.41. The molecular weight excluding hydrogens is 264 g/mol. The molecule has 0 aromatic carbocycles. The number of likely N-dealkylation sites (tertiary alicyclic amines) is 1. The Labute approximate surface area is 127 Å². The number of hydrogen-bond acceptors (Lipinski definition) is 3. The molecule has 0 amide bonds. The summed E-state index contributed by atoms with van der Waals surface area (Å²) < 4.78 is 0. The Bertz CT molecular complexity index is 410. The Balaban J connectivity index is 1.48. The molecule has 1 N–H and O–H groups in total. The molecule has 2 nitrogen and oxygen atoms in total. The first-order chi connectivity index (χ1) is 9.80. The zero-order valence-corrected chi connectivity index (χ0v) is 13.6. The van der Waals surface area contributed by atoms with Gasteiger partial charge in [0.15, 0.2) is 0 Å². The van der Waals surface area contributed by atoms with Gasteiger partial charge in [-0.05, 0) is 62.9 Å². The largest absolute Gasteiger partial charge is 0.312 e. The van der Waals surface area contributed by atoms with Gasteiger partial charge in [0, 0.05) is 22.8 Å². The summed E-state index contributed by atoms with van der Waals surface area (Å²) in [5, 5.41) is 3.41. The number of piperidine rings is 1. The van der Waals surface area contributed by atoms with Crippen molar-refractivity contribution in [3.8, 4) is 0 Å². The van der Waals surface area contributed by atoms with Crippen LogP contribution < -0.4 is 5.32 Å². The fourth-order valence-electron chi connectivity index (χ4n) is 3.88. The predicted molar refractivity (Wildman–Crippen MR) is 87.1 cm³/mol. The van der Waals surface area contributed by atoms with Gasteiger partial charge in [-0.2, -0.15) is 0 Å². The van der Waals surface area contributed by atoms with E-state index in [0.717, 1.165) is 18.5 Å². The van der Waals surface area contributed by atoms with Gasteiger partial charge in [0.2, 0.25) is 0 Å². The van der Waals surface area contributed by atoms with Gasteiger partial charge in [-0.15, -0.1) is 11.3 Å². The monoisotopic (exact) mass is 292 g/mol. The summed E-state index contributed by atoms with van der Waals surface area (Å²) in [5.74, 6) is 0. The van der Waals surface area contributed by atoms with Gasteiger partial charge in [-0.1, -0.05) is 19.8 Å². The van der Waals surface area contributed by atoms with Crippen LogP contribution in [0, 0.1) is 5.41 Å². The molecule has 1 aliphatic heterocycles. The topological polar surface area (TPSA) is 15.3 Å². The zero-order valence-electron chi connectivity index (χ0n) is 12.8. The lowest BCUT2D eigenvalue weighted by Gasteiger charge is -2.39. The molecule has 1 saturated carbocycles. The van der Waals surface area contributed by atoms with Gasteiger partial charge in [0.05, 0.1) is 0 Å². The average molecular weight is 292 g/mol. The number of nitrogens with one attached hydrogen (secondary N) is 1. The van der Waals surface area contributed by atoms with E-state index in [1.807, 2.05) is 11.3 Å². The first kappa shape index (κ1) is 14.6. The van der Waals surface area contributed by atoms with E-state index >= 15 is 0 Å². The van der Waals surface area contributed by atoms with Crippen LogP contribution in [0.2, 0.25) is 0 Å². The maximum Gasteiger partial charge on any atom is 0.0328 e. The van der Waals surface area contributed by atoms with Crippen molar-refractivity contribution in [2.75, 3.05) is 19.6 Å². The number of nitrogens with zero attached hydrogens (tertiary/aromatic N) is 1. The Morgan fingerprint density at radius 3 is 2.50 bits per heavy atom. The first-order valence-electron chi connectivity index (χ1n) is 8.30. The van der Waals surface area contributed by atoms with Crippen LogP contribution in [-0.2, 0) is 13.1 Å². The molecule has 3 heteroatoms. The van der Waals surface area contributed by atoms with Crippen molar-refractivity contribution in [2.45, 2.75) is 58.5 Å². The SMILES string of the molecule is CCNCc1ccc(CN2CCC3(CCCC3)CC2)s1. The van der Waals surface area contributed by atoms with Crippen LogP contribution in [0.25, 0.3) is 0 Å². The third kappa shape index (κ3) is 3.44. The molecule has 2 heterocycles. The Morgan fingerprint density at radius 2 is 1.80 bits per heavy atom. The summed E-state index contributed by atoms with van der Waals surface area (Å²) >= 11 is 1.99. The highest BCUT2D eigenvalue weighted by molar-refractivity contribution is 7.11. The molecule has 20 heavy (non-hydrogen) atoms. The van der Waals surface area contributed by atoms with Crippen molar-refractivity contribution >= 4 is 11.3 Å². The van der Waals surface area contributed by atoms with Gasteiger partial charge < -0.3 is 5.32 Å². The predicted octanol–water partition coefficient (Wildman–Crippen LogP) is 4.01. The van der Waals surface area contributed by atoms with Gasteiger partial charge in [0.25, 0.3) is 0 Å². The van der Waals surface area contributed by atoms with E-state index in [1.54, 1.807) is 4.88 Å². The maximum atomic E-state index is 3.41. The van der Waals surface area contributed by atoms with Crippen LogP contribution in [0.4, 0.5) is 0 Å². The van der Waals surface area contributed by atoms with Crippen LogP contribution in [0.15, 0.2) is 12.1 Å². The molecule has 1 aromatic heterocycles. The highest BCUT2D eigenvalue weighted by atomic mass is 32.1. The standard InChI is InChI=1S/C17H28N2S/c1-2-18-13-15-5-6-16(20-15)14-19-11-9-17(10-12-19)7-3-4-8-17/h5-6,18H,2-4,7-14H2,1H3. The average Bonchev–Trinajstić information content (AvgIpc) is 3.09. The van der Waals surface area contributed by atoms with E-state index in [-0.39, 0.29) is 0 Å². The van der Waals surface area contributed by atoms with E-state index in [2.05, 4.69) is 29.3 Å². The molecule has 3 rings (SSSR count). The number of thiophene rings is 1. The second-order valence-electron chi connectivity index (χ2n) is 6.63. The van der Waals surface area contributed by atoms with Crippen molar-refractivity contribution in [1.29, 1.82) is 0 Å². The Hall–Kier alpha value is -0.380. The van der Waals surface area contributed by atoms with Crippen molar-refractivity contribution in [1.82, 2.24) is 10.2 Å². The molecule has 0 bridgehead atoms. The molecule has 0 atom stereocenters. The van der Waals surface area contributed by atoms with Crippen molar-refractivity contribution in [3.63, 3.8) is 0 Å². The lowest BCUT2D eigenvalue weighted by molar-refractivity contribution is 0.104. The normalized spacial score (nSPS) is 22.6. The van der Waals surface area contributed by atoms with E-state index < -0.39 is 0 Å². The summed E-state index contributed by atoms with van der Waals surface area (Å²) in [6.07, 6.45) is 8.88.